The molecular weight excluding hydrogens is 406 g/mol. The fraction of sp³-hybridized carbons (Fsp3) is 0.636. The Morgan fingerprint density at radius 1 is 0.613 bits per heavy atom. The summed E-state index contributed by atoms with van der Waals surface area (Å²) in [6.07, 6.45) is 8.04. The minimum Gasteiger partial charge on any atom is -0.464 e. The minimum atomic E-state index is -0.905. The molecule has 2 saturated carbocycles. The largest absolute Gasteiger partial charge is 0.464 e. The Hall–Kier alpha value is -2.84. The van der Waals surface area contributed by atoms with Gasteiger partial charge < -0.3 is 23.9 Å². The van der Waals surface area contributed by atoms with E-state index in [4.69, 9.17) is 18.9 Å². The van der Waals surface area contributed by atoms with Gasteiger partial charge in [0.2, 0.25) is 0 Å². The highest BCUT2D eigenvalue weighted by Crippen LogP contribution is 2.28. The number of esters is 4. The summed E-state index contributed by atoms with van der Waals surface area (Å²) in [5, 5.41) is 0. The summed E-state index contributed by atoms with van der Waals surface area (Å²) in [5.41, 5.74) is -1.36. The number of hydrogen-bond acceptors (Lipinski definition) is 8. The summed E-state index contributed by atoms with van der Waals surface area (Å²) in [4.78, 5) is 53.4. The number of carbonyl (C=O) groups excluding carboxylic acids is 4. The molecule has 9 nitrogen and oxygen atoms in total. The summed E-state index contributed by atoms with van der Waals surface area (Å²) >= 11 is 0. The summed E-state index contributed by atoms with van der Waals surface area (Å²) in [6, 6.07) is 0. The Kier molecular flexibility index (Phi) is 7.70. The van der Waals surface area contributed by atoms with Crippen LogP contribution < -0.4 is 0 Å². The van der Waals surface area contributed by atoms with Gasteiger partial charge in [-0.1, -0.05) is 12.8 Å². The summed E-state index contributed by atoms with van der Waals surface area (Å²) in [7, 11) is 2.27. The molecule has 0 unspecified atom stereocenters. The Morgan fingerprint density at radius 2 is 0.968 bits per heavy atom. The van der Waals surface area contributed by atoms with E-state index >= 15 is 0 Å². The van der Waals surface area contributed by atoms with E-state index in [0.29, 0.717) is 25.7 Å². The van der Waals surface area contributed by atoms with Crippen LogP contribution >= 0.6 is 0 Å². The van der Waals surface area contributed by atoms with Gasteiger partial charge in [0.15, 0.2) is 0 Å². The molecule has 0 spiro atoms. The lowest BCUT2D eigenvalue weighted by atomic mass is 9.97. The second-order valence-corrected chi connectivity index (χ2v) is 7.94. The first-order chi connectivity index (χ1) is 15.0. The van der Waals surface area contributed by atoms with Gasteiger partial charge in [-0.2, -0.15) is 0 Å². The van der Waals surface area contributed by atoms with Gasteiger partial charge in [0.05, 0.1) is 14.2 Å². The monoisotopic (exact) mass is 435 g/mol. The van der Waals surface area contributed by atoms with Crippen LogP contribution in [-0.2, 0) is 18.9 Å². The number of rotatable bonds is 6. The molecule has 2 aliphatic rings. The van der Waals surface area contributed by atoms with Crippen LogP contribution in [0.5, 0.6) is 0 Å². The highest BCUT2D eigenvalue weighted by atomic mass is 16.6. The average molecular weight is 435 g/mol. The number of ether oxygens (including phenoxy) is 4. The van der Waals surface area contributed by atoms with Gasteiger partial charge >= 0.3 is 23.9 Å². The third-order valence-corrected chi connectivity index (χ3v) is 5.84. The summed E-state index contributed by atoms with van der Waals surface area (Å²) in [5.74, 6) is -3.54. The zero-order valence-electron chi connectivity index (χ0n) is 18.0. The first kappa shape index (κ1) is 22.8. The maximum absolute atomic E-state index is 13.1. The van der Waals surface area contributed by atoms with Gasteiger partial charge in [-0.25, -0.2) is 19.2 Å². The number of carbonyl (C=O) groups is 4. The maximum Gasteiger partial charge on any atom is 0.355 e. The molecule has 3 rings (SSSR count). The maximum atomic E-state index is 13.1. The van der Waals surface area contributed by atoms with E-state index in [0.717, 1.165) is 52.7 Å². The van der Waals surface area contributed by atoms with Crippen LogP contribution in [0.3, 0.4) is 0 Å². The Bertz CT molecular complexity index is 764. The number of H-pyrrole nitrogens is 1. The fourth-order valence-electron chi connectivity index (χ4n) is 4.21. The third-order valence-electron chi connectivity index (χ3n) is 5.84. The van der Waals surface area contributed by atoms with Gasteiger partial charge in [-0.05, 0) is 51.4 Å². The zero-order chi connectivity index (χ0) is 22.4. The molecule has 0 bridgehead atoms. The van der Waals surface area contributed by atoms with Crippen LogP contribution in [0.25, 0.3) is 0 Å². The van der Waals surface area contributed by atoms with Crippen molar-refractivity contribution in [3.05, 3.63) is 22.5 Å². The molecule has 31 heavy (non-hydrogen) atoms. The lowest BCUT2D eigenvalue weighted by molar-refractivity contribution is 0.0161. The molecule has 0 aromatic carbocycles. The van der Waals surface area contributed by atoms with E-state index < -0.39 is 23.9 Å². The number of hydrogen-bond donors (Lipinski definition) is 1. The van der Waals surface area contributed by atoms with Crippen molar-refractivity contribution < 1.29 is 38.1 Å². The molecule has 2 aliphatic carbocycles. The third kappa shape index (κ3) is 5.26. The second-order valence-electron chi connectivity index (χ2n) is 7.94. The Morgan fingerprint density at radius 3 is 1.29 bits per heavy atom. The van der Waals surface area contributed by atoms with Crippen molar-refractivity contribution in [1.82, 2.24) is 4.98 Å². The quantitative estimate of drug-likeness (QED) is 0.532. The second kappa shape index (κ2) is 10.5. The van der Waals surface area contributed by atoms with Crippen molar-refractivity contribution in [3.63, 3.8) is 0 Å². The molecule has 1 N–H and O–H groups in total. The van der Waals surface area contributed by atoms with E-state index in [1.54, 1.807) is 0 Å². The number of aromatic amines is 1. The Labute approximate surface area is 180 Å². The van der Waals surface area contributed by atoms with Crippen molar-refractivity contribution in [3.8, 4) is 0 Å². The highest BCUT2D eigenvalue weighted by Gasteiger charge is 2.37. The van der Waals surface area contributed by atoms with Crippen LogP contribution in [0.2, 0.25) is 0 Å². The van der Waals surface area contributed by atoms with Gasteiger partial charge in [-0.15, -0.1) is 0 Å². The number of aromatic nitrogens is 1. The van der Waals surface area contributed by atoms with Gasteiger partial charge in [0.25, 0.3) is 0 Å². The molecule has 0 amide bonds. The van der Waals surface area contributed by atoms with Crippen LogP contribution in [0.4, 0.5) is 0 Å². The molecule has 9 heteroatoms. The normalized spacial score (nSPS) is 17.6. The van der Waals surface area contributed by atoms with Crippen molar-refractivity contribution in [2.45, 2.75) is 76.4 Å². The lowest BCUT2D eigenvalue weighted by Crippen LogP contribution is -2.26. The van der Waals surface area contributed by atoms with Crippen molar-refractivity contribution >= 4 is 23.9 Å². The van der Waals surface area contributed by atoms with Crippen LogP contribution in [0.15, 0.2) is 0 Å². The van der Waals surface area contributed by atoms with E-state index in [9.17, 15) is 19.2 Å². The first-order valence-corrected chi connectivity index (χ1v) is 10.8. The van der Waals surface area contributed by atoms with Gasteiger partial charge in [-0.3, -0.25) is 0 Å². The summed E-state index contributed by atoms with van der Waals surface area (Å²) < 4.78 is 20.7. The molecular formula is C22H29NO8. The molecule has 170 valence electrons. The van der Waals surface area contributed by atoms with Crippen LogP contribution in [0.1, 0.15) is 106 Å². The highest BCUT2D eigenvalue weighted by molar-refractivity contribution is 6.15. The topological polar surface area (TPSA) is 121 Å². The predicted octanol–water partition coefficient (Wildman–Crippen LogP) is 3.57. The van der Waals surface area contributed by atoms with E-state index in [1.165, 1.54) is 0 Å². The van der Waals surface area contributed by atoms with Crippen molar-refractivity contribution in [2.24, 2.45) is 0 Å². The predicted molar refractivity (Wildman–Crippen MR) is 108 cm³/mol. The molecule has 1 heterocycles. The van der Waals surface area contributed by atoms with Crippen molar-refractivity contribution in [2.75, 3.05) is 14.2 Å². The smallest absolute Gasteiger partial charge is 0.355 e. The fourth-order valence-corrected chi connectivity index (χ4v) is 4.21. The zero-order valence-corrected chi connectivity index (χ0v) is 18.0. The number of methoxy groups -OCH3 is 2. The average Bonchev–Trinajstić information content (AvgIpc) is 3.20. The molecule has 0 radical (unpaired) electrons. The molecule has 0 aliphatic heterocycles. The van der Waals surface area contributed by atoms with Crippen molar-refractivity contribution in [1.29, 1.82) is 0 Å². The standard InChI is InChI=1S/C22H29NO8/c1-28-21(26)17-15(19(24)30-13-9-5-3-6-10-13)16(18(23-17)22(27)29-2)20(25)31-14-11-7-4-8-12-14/h13-14,23H,3-12H2,1-2H3. The van der Waals surface area contributed by atoms with Crippen LogP contribution in [-0.4, -0.2) is 55.3 Å². The minimum absolute atomic E-state index is 0.314. The number of nitrogens with one attached hydrogen (secondary N) is 1. The molecule has 1 aromatic rings. The Balaban J connectivity index is 2.00. The van der Waals surface area contributed by atoms with Gasteiger partial charge in [0.1, 0.15) is 34.7 Å². The van der Waals surface area contributed by atoms with E-state index in [2.05, 4.69) is 4.98 Å². The van der Waals surface area contributed by atoms with Crippen LogP contribution in [0, 0.1) is 0 Å². The van der Waals surface area contributed by atoms with E-state index in [1.807, 2.05) is 0 Å². The SMILES string of the molecule is COC(=O)c1[nH]c(C(=O)OC)c(C(=O)OC2CCCCC2)c1C(=O)OC1CCCCC1. The molecule has 1 aromatic heterocycles. The lowest BCUT2D eigenvalue weighted by Gasteiger charge is -2.23. The molecule has 0 saturated heterocycles. The molecule has 2 fully saturated rings. The molecule has 0 atom stereocenters. The summed E-state index contributed by atoms with van der Waals surface area (Å²) in [6.45, 7) is 0. The van der Waals surface area contributed by atoms with Gasteiger partial charge in [0, 0.05) is 0 Å². The van der Waals surface area contributed by atoms with E-state index in [-0.39, 0.29) is 34.7 Å². The first-order valence-electron chi connectivity index (χ1n) is 10.8.